The van der Waals surface area contributed by atoms with Gasteiger partial charge in [0.15, 0.2) is 18.9 Å². The molecule has 0 spiro atoms. The van der Waals surface area contributed by atoms with Gasteiger partial charge in [0.05, 0.1) is 75.8 Å². The molecule has 3 aromatic rings. The maximum atomic E-state index is 12.0. The Labute approximate surface area is 506 Å². The smallest absolute Gasteiger partial charge is 0.308 e. The molecule has 22 heteroatoms. The molecule has 22 nitrogen and oxygen atoms in total. The lowest BCUT2D eigenvalue weighted by Crippen LogP contribution is -2.59. The molecule has 0 aromatic heterocycles. The molecule has 4 fully saturated rings. The molecule has 8 unspecified atom stereocenters. The molecule has 0 saturated carbocycles. The van der Waals surface area contributed by atoms with E-state index in [1.165, 1.54) is 0 Å². The number of carboxylic acids is 1. The van der Waals surface area contributed by atoms with Gasteiger partial charge in [0, 0.05) is 31.6 Å². The van der Waals surface area contributed by atoms with Crippen LogP contribution in [0.15, 0.2) is 91.0 Å². The van der Waals surface area contributed by atoms with Crippen molar-refractivity contribution in [3.8, 4) is 0 Å². The quantitative estimate of drug-likeness (QED) is 0.0298. The van der Waals surface area contributed by atoms with Gasteiger partial charge in [0.25, 0.3) is 0 Å². The highest BCUT2D eigenvalue weighted by Crippen LogP contribution is 2.32. The van der Waals surface area contributed by atoms with Crippen molar-refractivity contribution >= 4 is 11.9 Å². The first-order valence-electron chi connectivity index (χ1n) is 30.6. The number of carboxylic acid groups (broad SMARTS) is 1. The van der Waals surface area contributed by atoms with Gasteiger partial charge >= 0.3 is 11.9 Å². The Kier molecular flexibility index (Phi) is 33.0. The number of esters is 1. The minimum Gasteiger partial charge on any atom is -0.481 e. The van der Waals surface area contributed by atoms with Gasteiger partial charge in [-0.25, -0.2) is 0 Å². The second-order valence-electron chi connectivity index (χ2n) is 23.0. The molecule has 0 amide bonds. The maximum absolute atomic E-state index is 12.0. The van der Waals surface area contributed by atoms with Crippen molar-refractivity contribution in [3.05, 3.63) is 108 Å². The van der Waals surface area contributed by atoms with Crippen LogP contribution in [0.5, 0.6) is 0 Å². The Morgan fingerprint density at radius 1 is 0.512 bits per heavy atom. The zero-order valence-corrected chi connectivity index (χ0v) is 50.5. The third-order valence-electron chi connectivity index (χ3n) is 15.6. The summed E-state index contributed by atoms with van der Waals surface area (Å²) in [5.74, 6) is -1.60. The number of rotatable bonds is 30. The van der Waals surface area contributed by atoms with Gasteiger partial charge in [0.1, 0.15) is 48.8 Å². The Bertz CT molecular complexity index is 2270. The van der Waals surface area contributed by atoms with Gasteiger partial charge in [-0.1, -0.05) is 136 Å². The second-order valence-corrected chi connectivity index (χ2v) is 23.0. The van der Waals surface area contributed by atoms with Crippen molar-refractivity contribution in [2.24, 2.45) is 5.92 Å². The largest absolute Gasteiger partial charge is 0.481 e. The van der Waals surface area contributed by atoms with E-state index in [0.29, 0.717) is 39.3 Å². The van der Waals surface area contributed by atoms with E-state index >= 15 is 0 Å². The summed E-state index contributed by atoms with van der Waals surface area (Å²) in [6, 6.07) is 30.0. The molecule has 0 radical (unpaired) electrons. The minimum absolute atomic E-state index is 0.0356. The van der Waals surface area contributed by atoms with Crippen LogP contribution in [0.1, 0.15) is 141 Å². The van der Waals surface area contributed by atoms with E-state index in [-0.39, 0.29) is 62.1 Å². The highest BCUT2D eigenvalue weighted by molar-refractivity contribution is 5.69. The molecule has 0 bridgehead atoms. The van der Waals surface area contributed by atoms with E-state index in [4.69, 9.17) is 57.6 Å². The number of carbonyl (C=O) groups is 2. The fourth-order valence-electron chi connectivity index (χ4n) is 10.2. The number of benzene rings is 3. The van der Waals surface area contributed by atoms with Crippen molar-refractivity contribution in [2.45, 2.75) is 261 Å². The molecule has 20 atom stereocenters. The van der Waals surface area contributed by atoms with Crippen LogP contribution < -0.4 is 0 Å². The lowest BCUT2D eigenvalue weighted by molar-refractivity contribution is -0.292. The summed E-state index contributed by atoms with van der Waals surface area (Å²) >= 11 is 0. The first-order valence-corrected chi connectivity index (χ1v) is 30.6. The summed E-state index contributed by atoms with van der Waals surface area (Å²) in [4.78, 5) is 22.4. The fourth-order valence-corrected chi connectivity index (χ4v) is 10.2. The molecule has 486 valence electrons. The summed E-state index contributed by atoms with van der Waals surface area (Å²) in [6.07, 6.45) is -5.71. The number of ether oxygens (including phenoxy) is 10. The van der Waals surface area contributed by atoms with Crippen molar-refractivity contribution < 1.29 is 108 Å². The van der Waals surface area contributed by atoms with E-state index in [1.807, 2.05) is 112 Å². The first-order chi connectivity index (χ1) is 41.2. The first kappa shape index (κ1) is 72.6. The van der Waals surface area contributed by atoms with Crippen molar-refractivity contribution in [3.63, 3.8) is 0 Å². The number of carbonyl (C=O) groups excluding carboxylic acids is 1. The molecule has 4 aliphatic rings. The maximum Gasteiger partial charge on any atom is 0.308 e. The highest BCUT2D eigenvalue weighted by Gasteiger charge is 2.47. The lowest BCUT2D eigenvalue weighted by atomic mass is 9.92. The summed E-state index contributed by atoms with van der Waals surface area (Å²) in [7, 11) is 0. The summed E-state index contributed by atoms with van der Waals surface area (Å²) in [5, 5.41) is 96.7. The SMILES string of the molecule is CC1O[C@@H](O[C@@H](C)CCCCCCC(=O)O)C(O)C[C@H]1O.CC1O[C@@H](O[C@@H](C)CCCCCCC(=O)O[C@@H]2OC(CO)[C@@H](O)C(O)[C@H]2O)C(O)C[C@H]1O.C[C@@H]1C(OCc2ccccc2)[C@H](OCc2ccccc2)C(COCc2ccccc2)O[C@H]1O. The number of hydrogen-bond acceptors (Lipinski definition) is 21. The van der Waals surface area contributed by atoms with Gasteiger partial charge in [-0.2, -0.15) is 0 Å². The van der Waals surface area contributed by atoms with Gasteiger partial charge in [0.2, 0.25) is 6.29 Å². The molecule has 4 aliphatic heterocycles. The molecule has 4 heterocycles. The molecule has 4 saturated heterocycles. The number of aliphatic carboxylic acids is 1. The molecular weight excluding hydrogens is 1120 g/mol. The van der Waals surface area contributed by atoms with E-state index < -0.39 is 105 Å². The summed E-state index contributed by atoms with van der Waals surface area (Å²) in [6.45, 7) is 10.3. The third-order valence-corrected chi connectivity index (χ3v) is 15.6. The average Bonchev–Trinajstić information content (AvgIpc) is 2.82. The van der Waals surface area contributed by atoms with Crippen LogP contribution in [-0.2, 0) is 76.8 Å². The predicted molar refractivity (Wildman–Crippen MR) is 312 cm³/mol. The Hall–Kier alpha value is -4.12. The topological polar surface area (TPSA) is 329 Å². The molecule has 3 aromatic carbocycles. The Balaban J connectivity index is 0.000000242. The summed E-state index contributed by atoms with van der Waals surface area (Å²) in [5.41, 5.74) is 3.23. The minimum atomic E-state index is -1.60. The predicted octanol–water partition coefficient (Wildman–Crippen LogP) is 5.33. The van der Waals surface area contributed by atoms with Crippen LogP contribution in [-0.4, -0.2) is 193 Å². The molecule has 86 heavy (non-hydrogen) atoms. The van der Waals surface area contributed by atoms with Gasteiger partial charge in [-0.15, -0.1) is 0 Å². The molecule has 0 aliphatic carbocycles. The second kappa shape index (κ2) is 39.1. The normalized spacial score (nSPS) is 31.7. The van der Waals surface area contributed by atoms with E-state index in [2.05, 4.69) is 0 Å². The van der Waals surface area contributed by atoms with Crippen LogP contribution in [0.25, 0.3) is 0 Å². The average molecular weight is 1220 g/mol. The lowest BCUT2D eigenvalue weighted by Gasteiger charge is -2.43. The fraction of sp³-hybridized carbons (Fsp3) is 0.688. The molecule has 10 N–H and O–H groups in total. The number of hydrogen-bond donors (Lipinski definition) is 10. The molecule has 7 rings (SSSR count). The monoisotopic (exact) mass is 1220 g/mol. The van der Waals surface area contributed by atoms with Crippen molar-refractivity contribution in [1.82, 2.24) is 0 Å². The standard InChI is InChI=1S/C28H32O5.C21H38O11.C15H28O6/c1-21-26(31-18-23-13-7-3-8-14-23)27(32-19-24-15-9-4-10-16-24)25(33-28(21)29)20-30-17-22-11-5-2-6-12-22;1-11(29-20-14(24)9-13(23)12(2)30-20)7-5-3-4-6-8-16(25)32-21-19(28)18(27)17(26)15(10-22)31-21;1-10(7-5-3-4-6-8-14(18)19)20-15-13(17)9-12(16)11(2)21-15/h2-16,21,25-29H,17-20H2,1H3;11-15,17-24,26-28H,3-10H2,1-2H3;10-13,15-17H,3-9H2,1-2H3,(H,18,19)/t21-,25?,26?,27-,28-;11-,12?,13+,14?,15?,17+,18?,19+,20+,21-;10-,11?,12+,13?,15+/m100/s1. The van der Waals surface area contributed by atoms with E-state index in [0.717, 1.165) is 68.1 Å². The number of aliphatic hydroxyl groups is 9. The van der Waals surface area contributed by atoms with Crippen molar-refractivity contribution in [1.29, 1.82) is 0 Å². The van der Waals surface area contributed by atoms with Crippen LogP contribution in [0.3, 0.4) is 0 Å². The van der Waals surface area contributed by atoms with E-state index in [1.54, 1.807) is 13.8 Å². The number of unbranched alkanes of at least 4 members (excludes halogenated alkanes) is 6. The highest BCUT2D eigenvalue weighted by atomic mass is 16.7. The van der Waals surface area contributed by atoms with Crippen LogP contribution in [0, 0.1) is 5.92 Å². The van der Waals surface area contributed by atoms with Gasteiger partial charge in [-0.05, 0) is 70.1 Å². The van der Waals surface area contributed by atoms with Gasteiger partial charge in [-0.3, -0.25) is 9.59 Å². The zero-order chi connectivity index (χ0) is 62.5. The third kappa shape index (κ3) is 25.4. The van der Waals surface area contributed by atoms with Crippen LogP contribution in [0.4, 0.5) is 0 Å². The van der Waals surface area contributed by atoms with Crippen molar-refractivity contribution in [2.75, 3.05) is 13.2 Å². The summed E-state index contributed by atoms with van der Waals surface area (Å²) < 4.78 is 57.2. The van der Waals surface area contributed by atoms with E-state index in [9.17, 15) is 50.4 Å². The zero-order valence-electron chi connectivity index (χ0n) is 50.5. The van der Waals surface area contributed by atoms with Gasteiger partial charge < -0.3 is 98.4 Å². The number of aliphatic hydroxyl groups excluding tert-OH is 9. The van der Waals surface area contributed by atoms with Crippen LogP contribution in [0.2, 0.25) is 0 Å². The Morgan fingerprint density at radius 3 is 1.44 bits per heavy atom. The van der Waals surface area contributed by atoms with Crippen LogP contribution >= 0.6 is 0 Å². The molecular formula is C64H98O22. The Morgan fingerprint density at radius 2 is 0.965 bits per heavy atom.